The maximum absolute atomic E-state index is 14.5. The van der Waals surface area contributed by atoms with Gasteiger partial charge in [0.15, 0.2) is 5.65 Å². The lowest BCUT2D eigenvalue weighted by Gasteiger charge is -2.38. The van der Waals surface area contributed by atoms with Crippen LogP contribution in [0.1, 0.15) is 87.0 Å². The molecule has 55 heavy (non-hydrogen) atoms. The molecule has 2 aliphatic rings. The zero-order valence-electron chi connectivity index (χ0n) is 30.6. The third kappa shape index (κ3) is 8.43. The van der Waals surface area contributed by atoms with Gasteiger partial charge in [-0.15, -0.1) is 10.2 Å². The molecule has 0 amide bonds. The van der Waals surface area contributed by atoms with E-state index in [9.17, 15) is 36.6 Å². The first-order valence-corrected chi connectivity index (χ1v) is 18.7. The van der Waals surface area contributed by atoms with Gasteiger partial charge in [-0.1, -0.05) is 25.6 Å². The minimum Gasteiger partial charge on any atom is -0.481 e. The first-order valence-electron chi connectivity index (χ1n) is 17.3. The van der Waals surface area contributed by atoms with Crippen LogP contribution in [0.4, 0.5) is 19.0 Å². The Bertz CT molecular complexity index is 2140. The lowest BCUT2D eigenvalue weighted by molar-refractivity contribution is -0.147. The number of halogens is 3. The SMILES string of the molecule is C.Cc1ccc([C@H](c2ccn3c(C(F)(F)F)nnc3c2C)C(C)(C)C(=O)O)cc1CN1CC2(CCOCC2)Oc2nc(N[C@@H](C)CCO)ccc2S1(=O)=O.S. The molecule has 1 aromatic carbocycles. The first kappa shape index (κ1) is 43.8. The van der Waals surface area contributed by atoms with Crippen LogP contribution in [0.15, 0.2) is 47.5 Å². The lowest BCUT2D eigenvalue weighted by atomic mass is 9.70. The topological polar surface area (TPSA) is 168 Å². The van der Waals surface area contributed by atoms with Crippen molar-refractivity contribution in [3.05, 3.63) is 76.2 Å². The van der Waals surface area contributed by atoms with E-state index in [1.165, 1.54) is 36.5 Å². The zero-order valence-corrected chi connectivity index (χ0v) is 32.4. The summed E-state index contributed by atoms with van der Waals surface area (Å²) in [6, 6.07) is 9.66. The van der Waals surface area contributed by atoms with Crippen molar-refractivity contribution >= 4 is 41.0 Å². The Hall–Kier alpha value is -3.97. The molecule has 6 rings (SSSR count). The summed E-state index contributed by atoms with van der Waals surface area (Å²) in [6.07, 6.45) is -2.28. The molecule has 0 aliphatic carbocycles. The van der Waals surface area contributed by atoms with E-state index in [1.54, 1.807) is 31.2 Å². The summed E-state index contributed by atoms with van der Waals surface area (Å²) in [4.78, 5) is 17.3. The van der Waals surface area contributed by atoms with Crippen LogP contribution in [-0.2, 0) is 32.3 Å². The summed E-state index contributed by atoms with van der Waals surface area (Å²) in [5.74, 6) is -2.85. The summed E-state index contributed by atoms with van der Waals surface area (Å²) >= 11 is 0. The number of aliphatic hydroxyl groups excluding tert-OH is 1. The zero-order chi connectivity index (χ0) is 38.5. The average Bonchev–Trinajstić information content (AvgIpc) is 3.50. The Morgan fingerprint density at radius 2 is 1.78 bits per heavy atom. The van der Waals surface area contributed by atoms with E-state index >= 15 is 0 Å². The number of ether oxygens (including phenoxy) is 2. The van der Waals surface area contributed by atoms with Crippen LogP contribution < -0.4 is 10.1 Å². The highest BCUT2D eigenvalue weighted by molar-refractivity contribution is 7.89. The van der Waals surface area contributed by atoms with Crippen molar-refractivity contribution in [3.8, 4) is 5.88 Å². The van der Waals surface area contributed by atoms with Crippen molar-refractivity contribution in [2.75, 3.05) is 31.7 Å². The van der Waals surface area contributed by atoms with Gasteiger partial charge in [0.2, 0.25) is 21.7 Å². The van der Waals surface area contributed by atoms with Crippen molar-refractivity contribution in [1.82, 2.24) is 23.9 Å². The third-order valence-corrected chi connectivity index (χ3v) is 12.1. The number of benzene rings is 1. The number of nitrogens with zero attached hydrogens (tertiary/aromatic N) is 5. The minimum atomic E-state index is -4.75. The van der Waals surface area contributed by atoms with Gasteiger partial charge in [0.1, 0.15) is 16.3 Å². The van der Waals surface area contributed by atoms with Gasteiger partial charge in [-0.05, 0) is 87.1 Å². The van der Waals surface area contributed by atoms with Gasteiger partial charge < -0.3 is 25.0 Å². The molecular formula is C37H49F3N6O7S2. The lowest BCUT2D eigenvalue weighted by Crippen LogP contribution is -2.50. The highest BCUT2D eigenvalue weighted by Crippen LogP contribution is 2.45. The molecule has 0 saturated carbocycles. The van der Waals surface area contributed by atoms with Gasteiger partial charge in [0.05, 0.1) is 25.2 Å². The number of sulfonamides is 1. The van der Waals surface area contributed by atoms with Crippen LogP contribution in [0, 0.1) is 19.3 Å². The van der Waals surface area contributed by atoms with Gasteiger partial charge in [0.25, 0.3) is 0 Å². The van der Waals surface area contributed by atoms with E-state index in [1.807, 2.05) is 13.8 Å². The molecule has 302 valence electrons. The average molecular weight is 811 g/mol. The van der Waals surface area contributed by atoms with E-state index < -0.39 is 44.9 Å². The molecule has 0 radical (unpaired) electrons. The number of fused-ring (bicyclic) bond motifs is 2. The monoisotopic (exact) mass is 810 g/mol. The molecule has 1 saturated heterocycles. The van der Waals surface area contributed by atoms with Crippen molar-refractivity contribution in [1.29, 1.82) is 0 Å². The molecule has 1 fully saturated rings. The third-order valence-electron chi connectivity index (χ3n) is 10.3. The number of alkyl halides is 3. The number of carboxylic acid groups (broad SMARTS) is 1. The molecule has 0 bridgehead atoms. The minimum absolute atomic E-state index is 0. The van der Waals surface area contributed by atoms with Crippen molar-refractivity contribution in [3.63, 3.8) is 0 Å². The van der Waals surface area contributed by atoms with E-state index in [0.717, 1.165) is 9.96 Å². The molecule has 13 nitrogen and oxygen atoms in total. The smallest absolute Gasteiger partial charge is 0.452 e. The Kier molecular flexibility index (Phi) is 12.9. The Labute approximate surface area is 325 Å². The molecule has 18 heteroatoms. The van der Waals surface area contributed by atoms with E-state index in [4.69, 9.17) is 9.47 Å². The van der Waals surface area contributed by atoms with Gasteiger partial charge in [-0.2, -0.15) is 36.0 Å². The molecule has 3 aromatic heterocycles. The van der Waals surface area contributed by atoms with Gasteiger partial charge in [-0.25, -0.2) is 8.42 Å². The Morgan fingerprint density at radius 1 is 1.09 bits per heavy atom. The van der Waals surface area contributed by atoms with Crippen LogP contribution in [0.5, 0.6) is 5.88 Å². The van der Waals surface area contributed by atoms with Crippen molar-refractivity contribution < 1.29 is 46.1 Å². The molecule has 2 atom stereocenters. The van der Waals surface area contributed by atoms with E-state index in [0.29, 0.717) is 60.5 Å². The number of pyridine rings is 2. The molecule has 3 N–H and O–H groups in total. The summed E-state index contributed by atoms with van der Waals surface area (Å²) in [7, 11) is -4.20. The predicted molar refractivity (Wildman–Crippen MR) is 204 cm³/mol. The summed E-state index contributed by atoms with van der Waals surface area (Å²) < 4.78 is 84.3. The summed E-state index contributed by atoms with van der Waals surface area (Å²) in [5.41, 5.74) is 0.175. The second-order valence-corrected chi connectivity index (χ2v) is 16.4. The fourth-order valence-corrected chi connectivity index (χ4v) is 8.71. The number of anilines is 1. The Balaban J connectivity index is 0.00000336. The summed E-state index contributed by atoms with van der Waals surface area (Å²) in [5, 5.41) is 30.1. The van der Waals surface area contributed by atoms with E-state index in [-0.39, 0.29) is 63.1 Å². The number of hydrogen-bond donors (Lipinski definition) is 3. The number of carbonyl (C=O) groups is 1. The molecule has 0 unspecified atom stereocenters. The molecule has 4 aromatic rings. The van der Waals surface area contributed by atoms with Crippen LogP contribution in [0.25, 0.3) is 5.65 Å². The maximum atomic E-state index is 14.5. The van der Waals surface area contributed by atoms with Crippen LogP contribution in [-0.4, -0.2) is 86.5 Å². The number of aliphatic hydroxyl groups is 1. The highest BCUT2D eigenvalue weighted by atomic mass is 32.2. The number of aliphatic carboxylic acids is 1. The highest BCUT2D eigenvalue weighted by Gasteiger charge is 2.46. The van der Waals surface area contributed by atoms with Crippen LogP contribution in [0.3, 0.4) is 0 Å². The predicted octanol–water partition coefficient (Wildman–Crippen LogP) is 6.07. The first-order chi connectivity index (χ1) is 24.9. The molecule has 1 spiro atoms. The normalized spacial score (nSPS) is 17.9. The molecule has 5 heterocycles. The second-order valence-electron chi connectivity index (χ2n) is 14.5. The molecule has 2 aliphatic heterocycles. The summed E-state index contributed by atoms with van der Waals surface area (Å²) in [6.45, 7) is 8.95. The van der Waals surface area contributed by atoms with Crippen molar-refractivity contribution in [2.24, 2.45) is 5.41 Å². The number of hydrogen-bond acceptors (Lipinski definition) is 10. The van der Waals surface area contributed by atoms with Crippen molar-refractivity contribution in [2.45, 2.75) is 96.5 Å². The maximum Gasteiger partial charge on any atom is 0.452 e. The van der Waals surface area contributed by atoms with Gasteiger partial charge >= 0.3 is 12.1 Å². The van der Waals surface area contributed by atoms with E-state index in [2.05, 4.69) is 20.5 Å². The van der Waals surface area contributed by atoms with Crippen LogP contribution in [0.2, 0.25) is 0 Å². The Morgan fingerprint density at radius 3 is 2.42 bits per heavy atom. The van der Waals surface area contributed by atoms with Gasteiger partial charge in [-0.3, -0.25) is 9.20 Å². The number of rotatable bonds is 10. The quantitative estimate of drug-likeness (QED) is 0.170. The second kappa shape index (κ2) is 16.3. The number of aryl methyl sites for hydroxylation is 2. The van der Waals surface area contributed by atoms with Crippen LogP contribution >= 0.6 is 13.5 Å². The largest absolute Gasteiger partial charge is 0.481 e. The fraction of sp³-hybridized carbons (Fsp3) is 0.514. The fourth-order valence-electron chi connectivity index (χ4n) is 7.17. The number of carboxylic acids is 1. The molecular weight excluding hydrogens is 762 g/mol. The standard InChI is InChI=1S/C36H43F3N6O7S.CH4.H2S/c1-21-6-7-24(29(34(4,5)33(47)48)26-10-14-45-30(23(26)3)42-43-32(45)36(37,38)39)18-25(21)19-44-20-35(12-16-51-17-13-35)52-31-27(53(44,49)50)8-9-28(41-31)40-22(2)11-15-46;;/h6-10,14,18,22,29,46H,11-13,15-17,19-20H2,1-5H3,(H,40,41)(H,47,48);1H4;1H2/t22-,29+;;/m0../s1. The number of aromatic nitrogens is 4. The number of nitrogens with one attached hydrogen (secondary N) is 1. The van der Waals surface area contributed by atoms with Gasteiger partial charge in [0, 0.05) is 44.1 Å².